The van der Waals surface area contributed by atoms with Gasteiger partial charge in [0.25, 0.3) is 0 Å². The molecule has 19 heavy (non-hydrogen) atoms. The molecule has 0 aromatic heterocycles. The summed E-state index contributed by atoms with van der Waals surface area (Å²) in [5.41, 5.74) is 0.683. The highest BCUT2D eigenvalue weighted by Crippen LogP contribution is 2.04. The van der Waals surface area contributed by atoms with Crippen LogP contribution in [0.2, 0.25) is 0 Å². The molecular weight excluding hydrogens is 243 g/mol. The average Bonchev–Trinajstić information content (AvgIpc) is 2.35. The lowest BCUT2D eigenvalue weighted by atomic mass is 10.2. The molecule has 0 saturated carbocycles. The molecule has 4 heteroatoms. The van der Waals surface area contributed by atoms with Gasteiger partial charge in [-0.25, -0.2) is 4.39 Å². The molecular formula is C15H21FN2O. The number of rotatable bonds is 7. The van der Waals surface area contributed by atoms with Crippen LogP contribution in [0.25, 0.3) is 6.08 Å². The van der Waals surface area contributed by atoms with Gasteiger partial charge in [-0.15, -0.1) is 0 Å². The minimum atomic E-state index is -0.300. The summed E-state index contributed by atoms with van der Waals surface area (Å²) in [5.74, 6) is -0.444. The maximum atomic E-state index is 12.9. The van der Waals surface area contributed by atoms with Gasteiger partial charge >= 0.3 is 0 Å². The highest BCUT2D eigenvalue weighted by atomic mass is 19.1. The van der Waals surface area contributed by atoms with Crippen LogP contribution in [-0.4, -0.2) is 38.0 Å². The highest BCUT2D eigenvalue weighted by Gasteiger charge is 1.96. The second-order valence-corrected chi connectivity index (χ2v) is 4.69. The molecule has 0 bridgehead atoms. The van der Waals surface area contributed by atoms with Crippen molar-refractivity contribution in [3.8, 4) is 0 Å². The Balaban J connectivity index is 2.24. The van der Waals surface area contributed by atoms with Gasteiger partial charge in [-0.2, -0.15) is 0 Å². The standard InChI is InChI=1S/C15H21FN2O/c1-18(2)11-4-3-10-17-15(19)9-8-13-6-5-7-14(16)12-13/h5-9,12H,3-4,10-11H2,1-2H3,(H,17,19)/b9-8+. The zero-order valence-corrected chi connectivity index (χ0v) is 11.5. The fourth-order valence-corrected chi connectivity index (χ4v) is 1.61. The molecule has 0 unspecified atom stereocenters. The third-order valence-corrected chi connectivity index (χ3v) is 2.61. The Morgan fingerprint density at radius 1 is 1.37 bits per heavy atom. The lowest BCUT2D eigenvalue weighted by Gasteiger charge is -2.08. The quantitative estimate of drug-likeness (QED) is 0.605. The largest absolute Gasteiger partial charge is 0.353 e. The lowest BCUT2D eigenvalue weighted by Crippen LogP contribution is -2.23. The number of hydrogen-bond donors (Lipinski definition) is 1. The van der Waals surface area contributed by atoms with E-state index >= 15 is 0 Å². The number of unbranched alkanes of at least 4 members (excludes halogenated alkanes) is 1. The molecule has 1 aromatic rings. The summed E-state index contributed by atoms with van der Waals surface area (Å²) in [6.45, 7) is 1.69. The highest BCUT2D eigenvalue weighted by molar-refractivity contribution is 5.91. The van der Waals surface area contributed by atoms with Gasteiger partial charge in [0.1, 0.15) is 5.82 Å². The van der Waals surface area contributed by atoms with Crippen LogP contribution in [0.3, 0.4) is 0 Å². The molecule has 0 saturated heterocycles. The fraction of sp³-hybridized carbons (Fsp3) is 0.400. The predicted octanol–water partition coefficient (Wildman–Crippen LogP) is 2.30. The summed E-state index contributed by atoms with van der Waals surface area (Å²) >= 11 is 0. The van der Waals surface area contributed by atoms with Crippen LogP contribution in [0.15, 0.2) is 30.3 Å². The minimum Gasteiger partial charge on any atom is -0.353 e. The fourth-order valence-electron chi connectivity index (χ4n) is 1.61. The smallest absolute Gasteiger partial charge is 0.243 e. The Bertz CT molecular complexity index is 430. The molecule has 0 fully saturated rings. The molecule has 1 N–H and O–H groups in total. The topological polar surface area (TPSA) is 32.3 Å². The average molecular weight is 264 g/mol. The van der Waals surface area contributed by atoms with Crippen molar-refractivity contribution >= 4 is 12.0 Å². The van der Waals surface area contributed by atoms with Crippen molar-refractivity contribution in [3.05, 3.63) is 41.7 Å². The Hall–Kier alpha value is -1.68. The summed E-state index contributed by atoms with van der Waals surface area (Å²) in [7, 11) is 4.06. The first-order valence-electron chi connectivity index (χ1n) is 6.44. The van der Waals surface area contributed by atoms with E-state index in [9.17, 15) is 9.18 Å². The molecule has 0 aliphatic rings. The molecule has 0 spiro atoms. The van der Waals surface area contributed by atoms with Gasteiger partial charge < -0.3 is 10.2 Å². The number of nitrogens with one attached hydrogen (secondary N) is 1. The van der Waals surface area contributed by atoms with Gasteiger partial charge in [-0.05, 0) is 57.3 Å². The van der Waals surface area contributed by atoms with Crippen LogP contribution < -0.4 is 5.32 Å². The number of halogens is 1. The molecule has 0 aliphatic heterocycles. The van der Waals surface area contributed by atoms with Crippen molar-refractivity contribution in [1.29, 1.82) is 0 Å². The van der Waals surface area contributed by atoms with E-state index in [1.165, 1.54) is 18.2 Å². The van der Waals surface area contributed by atoms with Crippen molar-refractivity contribution in [2.45, 2.75) is 12.8 Å². The summed E-state index contributed by atoms with van der Waals surface area (Å²) in [6.07, 6.45) is 5.05. The van der Waals surface area contributed by atoms with Crippen LogP contribution in [0.1, 0.15) is 18.4 Å². The van der Waals surface area contributed by atoms with Crippen molar-refractivity contribution in [3.63, 3.8) is 0 Å². The number of carbonyl (C=O) groups is 1. The molecule has 1 aromatic carbocycles. The van der Waals surface area contributed by atoms with Crippen LogP contribution in [0.4, 0.5) is 4.39 Å². The van der Waals surface area contributed by atoms with Gasteiger partial charge in [0.2, 0.25) is 5.91 Å². The third-order valence-electron chi connectivity index (χ3n) is 2.61. The molecule has 0 aliphatic carbocycles. The first-order chi connectivity index (χ1) is 9.08. The monoisotopic (exact) mass is 264 g/mol. The van der Waals surface area contributed by atoms with E-state index in [-0.39, 0.29) is 11.7 Å². The summed E-state index contributed by atoms with van der Waals surface area (Å²) in [5, 5.41) is 2.80. The zero-order valence-electron chi connectivity index (χ0n) is 11.5. The second-order valence-electron chi connectivity index (χ2n) is 4.69. The molecule has 104 valence electrons. The molecule has 1 amide bonds. The van der Waals surface area contributed by atoms with Crippen molar-refractivity contribution in [2.75, 3.05) is 27.2 Å². The molecule has 3 nitrogen and oxygen atoms in total. The molecule has 0 heterocycles. The van der Waals surface area contributed by atoms with E-state index in [0.717, 1.165) is 19.4 Å². The molecule has 1 rings (SSSR count). The van der Waals surface area contributed by atoms with Gasteiger partial charge in [0, 0.05) is 12.6 Å². The maximum absolute atomic E-state index is 12.9. The minimum absolute atomic E-state index is 0.144. The number of carbonyl (C=O) groups excluding carboxylic acids is 1. The van der Waals surface area contributed by atoms with E-state index in [0.29, 0.717) is 12.1 Å². The van der Waals surface area contributed by atoms with Gasteiger partial charge in [-0.3, -0.25) is 4.79 Å². The number of amides is 1. The van der Waals surface area contributed by atoms with Gasteiger partial charge in [0.05, 0.1) is 0 Å². The molecule has 0 radical (unpaired) electrons. The Morgan fingerprint density at radius 2 is 2.16 bits per heavy atom. The summed E-state index contributed by atoms with van der Waals surface area (Å²) < 4.78 is 12.9. The number of hydrogen-bond acceptors (Lipinski definition) is 2. The van der Waals surface area contributed by atoms with Crippen molar-refractivity contribution < 1.29 is 9.18 Å². The van der Waals surface area contributed by atoms with E-state index in [1.54, 1.807) is 18.2 Å². The Morgan fingerprint density at radius 3 is 2.84 bits per heavy atom. The maximum Gasteiger partial charge on any atom is 0.243 e. The predicted molar refractivity (Wildman–Crippen MR) is 76.2 cm³/mol. The van der Waals surface area contributed by atoms with Gasteiger partial charge in [-0.1, -0.05) is 12.1 Å². The first kappa shape index (κ1) is 15.4. The summed E-state index contributed by atoms with van der Waals surface area (Å²) in [6, 6.07) is 6.14. The second kappa shape index (κ2) is 8.43. The van der Waals surface area contributed by atoms with Crippen LogP contribution in [0, 0.1) is 5.82 Å². The summed E-state index contributed by atoms with van der Waals surface area (Å²) in [4.78, 5) is 13.6. The Kier molecular flexibility index (Phi) is 6.82. The van der Waals surface area contributed by atoms with E-state index in [1.807, 2.05) is 14.1 Å². The number of nitrogens with zero attached hydrogens (tertiary/aromatic N) is 1. The number of benzene rings is 1. The van der Waals surface area contributed by atoms with E-state index in [4.69, 9.17) is 0 Å². The van der Waals surface area contributed by atoms with Crippen LogP contribution in [0.5, 0.6) is 0 Å². The van der Waals surface area contributed by atoms with Crippen molar-refractivity contribution in [1.82, 2.24) is 10.2 Å². The SMILES string of the molecule is CN(C)CCCCNC(=O)/C=C/c1cccc(F)c1. The molecule has 0 atom stereocenters. The first-order valence-corrected chi connectivity index (χ1v) is 6.44. The Labute approximate surface area is 114 Å². The zero-order chi connectivity index (χ0) is 14.1. The van der Waals surface area contributed by atoms with Gasteiger partial charge in [0.15, 0.2) is 0 Å². The van der Waals surface area contributed by atoms with Crippen LogP contribution in [-0.2, 0) is 4.79 Å². The van der Waals surface area contributed by atoms with E-state index in [2.05, 4.69) is 10.2 Å². The normalized spacial score (nSPS) is 11.2. The third kappa shape index (κ3) is 7.36. The van der Waals surface area contributed by atoms with Crippen LogP contribution >= 0.6 is 0 Å². The van der Waals surface area contributed by atoms with Crippen molar-refractivity contribution in [2.24, 2.45) is 0 Å². The lowest BCUT2D eigenvalue weighted by molar-refractivity contribution is -0.116. The van der Waals surface area contributed by atoms with E-state index < -0.39 is 0 Å².